The highest BCUT2D eigenvalue weighted by Gasteiger charge is 2.12. The third-order valence-electron chi connectivity index (χ3n) is 3.40. The van der Waals surface area contributed by atoms with Gasteiger partial charge in [-0.3, -0.25) is 9.59 Å². The van der Waals surface area contributed by atoms with Gasteiger partial charge in [0.15, 0.2) is 11.6 Å². The van der Waals surface area contributed by atoms with Crippen molar-refractivity contribution in [3.05, 3.63) is 76.4 Å². The summed E-state index contributed by atoms with van der Waals surface area (Å²) in [7, 11) is 0. The van der Waals surface area contributed by atoms with Crippen LogP contribution in [0.15, 0.2) is 53.1 Å². The molecule has 3 rings (SSSR count). The van der Waals surface area contributed by atoms with Crippen LogP contribution in [0.5, 0.6) is 0 Å². The summed E-state index contributed by atoms with van der Waals surface area (Å²) < 4.78 is 4.83. The Morgan fingerprint density at radius 3 is 2.56 bits per heavy atom. The number of carbonyl (C=O) groups excluding carboxylic acids is 2. The number of hydrogen-bond acceptors (Lipinski definition) is 5. The molecular formula is C18H14ClN3O3. The van der Waals surface area contributed by atoms with E-state index in [2.05, 4.69) is 15.5 Å². The summed E-state index contributed by atoms with van der Waals surface area (Å²) in [6.45, 7) is 1.65. The molecule has 25 heavy (non-hydrogen) atoms. The zero-order valence-corrected chi connectivity index (χ0v) is 14.1. The Labute approximate surface area is 148 Å². The molecule has 0 atom stereocenters. The van der Waals surface area contributed by atoms with Gasteiger partial charge >= 0.3 is 0 Å². The van der Waals surface area contributed by atoms with Crippen LogP contribution in [-0.2, 0) is 11.2 Å². The minimum absolute atomic E-state index is 0.00724. The maximum absolute atomic E-state index is 12.5. The van der Waals surface area contributed by atoms with Crippen LogP contribution < -0.4 is 5.32 Å². The van der Waals surface area contributed by atoms with E-state index in [1.54, 1.807) is 55.5 Å². The molecule has 0 bridgehead atoms. The van der Waals surface area contributed by atoms with E-state index in [9.17, 15) is 9.59 Å². The standard InChI is InChI=1S/C18H14ClN3O3/c1-11-20-16(22-25-11)10-17(23)21-15-4-2-3-13(9-15)18(24)12-5-7-14(19)8-6-12/h2-9H,10H2,1H3,(H,21,23). The fraction of sp³-hybridized carbons (Fsp3) is 0.111. The van der Waals surface area contributed by atoms with Crippen LogP contribution in [0.25, 0.3) is 0 Å². The van der Waals surface area contributed by atoms with Gasteiger partial charge in [-0.05, 0) is 36.4 Å². The molecule has 0 saturated heterocycles. The molecule has 0 unspecified atom stereocenters. The molecule has 0 saturated carbocycles. The highest BCUT2D eigenvalue weighted by Crippen LogP contribution is 2.17. The van der Waals surface area contributed by atoms with Crippen LogP contribution in [0.3, 0.4) is 0 Å². The zero-order valence-electron chi connectivity index (χ0n) is 13.3. The maximum atomic E-state index is 12.5. The number of aryl methyl sites for hydroxylation is 1. The number of ketones is 1. The normalized spacial score (nSPS) is 10.5. The van der Waals surface area contributed by atoms with E-state index in [1.165, 1.54) is 0 Å². The molecule has 0 spiro atoms. The zero-order chi connectivity index (χ0) is 17.8. The van der Waals surface area contributed by atoms with Gasteiger partial charge in [0.2, 0.25) is 11.8 Å². The summed E-state index contributed by atoms with van der Waals surface area (Å²) in [5, 5.41) is 6.96. The summed E-state index contributed by atoms with van der Waals surface area (Å²) in [5.41, 5.74) is 1.51. The van der Waals surface area contributed by atoms with Gasteiger partial charge in [-0.15, -0.1) is 0 Å². The van der Waals surface area contributed by atoms with Gasteiger partial charge in [-0.25, -0.2) is 0 Å². The molecule has 1 N–H and O–H groups in total. The van der Waals surface area contributed by atoms with Crippen LogP contribution in [0.4, 0.5) is 5.69 Å². The molecule has 1 heterocycles. The monoisotopic (exact) mass is 355 g/mol. The number of anilines is 1. The van der Waals surface area contributed by atoms with Gasteiger partial charge in [0, 0.05) is 28.8 Å². The highest BCUT2D eigenvalue weighted by atomic mass is 35.5. The van der Waals surface area contributed by atoms with Crippen molar-refractivity contribution in [2.75, 3.05) is 5.32 Å². The first-order valence-corrected chi connectivity index (χ1v) is 7.88. The number of benzene rings is 2. The molecule has 0 aliphatic rings. The van der Waals surface area contributed by atoms with E-state index in [0.717, 1.165) is 0 Å². The van der Waals surface area contributed by atoms with E-state index < -0.39 is 0 Å². The van der Waals surface area contributed by atoms with Crippen molar-refractivity contribution < 1.29 is 14.1 Å². The van der Waals surface area contributed by atoms with Gasteiger partial charge in [0.05, 0.1) is 6.42 Å². The largest absolute Gasteiger partial charge is 0.340 e. The molecule has 1 aromatic heterocycles. The van der Waals surface area contributed by atoms with Gasteiger partial charge in [-0.2, -0.15) is 4.98 Å². The topological polar surface area (TPSA) is 85.1 Å². The maximum Gasteiger partial charge on any atom is 0.232 e. The van der Waals surface area contributed by atoms with Crippen molar-refractivity contribution in [2.24, 2.45) is 0 Å². The van der Waals surface area contributed by atoms with E-state index in [4.69, 9.17) is 16.1 Å². The lowest BCUT2D eigenvalue weighted by molar-refractivity contribution is -0.115. The Hall–Kier alpha value is -2.99. The highest BCUT2D eigenvalue weighted by molar-refractivity contribution is 6.30. The number of amides is 1. The molecule has 0 radical (unpaired) electrons. The number of nitrogens with one attached hydrogen (secondary N) is 1. The van der Waals surface area contributed by atoms with Crippen LogP contribution in [0.2, 0.25) is 5.02 Å². The molecule has 126 valence electrons. The Morgan fingerprint density at radius 2 is 1.88 bits per heavy atom. The van der Waals surface area contributed by atoms with Gasteiger partial charge in [0.25, 0.3) is 0 Å². The van der Waals surface area contributed by atoms with Crippen LogP contribution >= 0.6 is 11.6 Å². The molecule has 2 aromatic carbocycles. The van der Waals surface area contributed by atoms with Crippen molar-refractivity contribution in [1.29, 1.82) is 0 Å². The first kappa shape index (κ1) is 16.9. The minimum atomic E-state index is -0.295. The average molecular weight is 356 g/mol. The van der Waals surface area contributed by atoms with Crippen molar-refractivity contribution in [3.8, 4) is 0 Å². The lowest BCUT2D eigenvalue weighted by Crippen LogP contribution is -2.15. The molecule has 1 amide bonds. The second-order valence-corrected chi connectivity index (χ2v) is 5.81. The Morgan fingerprint density at radius 1 is 1.12 bits per heavy atom. The summed E-state index contributed by atoms with van der Waals surface area (Å²) in [6.07, 6.45) is -0.00724. The van der Waals surface area contributed by atoms with E-state index in [1.807, 2.05) is 0 Å². The molecule has 3 aromatic rings. The van der Waals surface area contributed by atoms with Gasteiger partial charge in [-0.1, -0.05) is 28.9 Å². The Kier molecular flexibility index (Phi) is 4.90. The summed E-state index contributed by atoms with van der Waals surface area (Å²) in [5.74, 6) is 0.264. The second kappa shape index (κ2) is 7.27. The summed E-state index contributed by atoms with van der Waals surface area (Å²) in [4.78, 5) is 28.5. The number of aromatic nitrogens is 2. The van der Waals surface area contributed by atoms with E-state index in [-0.39, 0.29) is 18.1 Å². The summed E-state index contributed by atoms with van der Waals surface area (Å²) in [6, 6.07) is 13.4. The predicted octanol–water partition coefficient (Wildman–Crippen LogP) is 3.44. The molecule has 0 fully saturated rings. The minimum Gasteiger partial charge on any atom is -0.340 e. The lowest BCUT2D eigenvalue weighted by atomic mass is 10.0. The lowest BCUT2D eigenvalue weighted by Gasteiger charge is -2.06. The first-order valence-electron chi connectivity index (χ1n) is 7.50. The molecule has 0 aliphatic heterocycles. The predicted molar refractivity (Wildman–Crippen MR) is 92.7 cm³/mol. The Bertz CT molecular complexity index is 919. The fourth-order valence-corrected chi connectivity index (χ4v) is 2.39. The van der Waals surface area contributed by atoms with E-state index in [0.29, 0.717) is 33.6 Å². The van der Waals surface area contributed by atoms with Crippen molar-refractivity contribution in [1.82, 2.24) is 10.1 Å². The third kappa shape index (κ3) is 4.30. The number of halogens is 1. The van der Waals surface area contributed by atoms with Crippen LogP contribution in [-0.4, -0.2) is 21.8 Å². The molecule has 7 heteroatoms. The smallest absolute Gasteiger partial charge is 0.232 e. The molecule has 6 nitrogen and oxygen atoms in total. The van der Waals surface area contributed by atoms with Crippen LogP contribution in [0, 0.1) is 6.92 Å². The molecular weight excluding hydrogens is 342 g/mol. The Balaban J connectivity index is 1.71. The fourth-order valence-electron chi connectivity index (χ4n) is 2.27. The number of rotatable bonds is 5. The van der Waals surface area contributed by atoms with Crippen molar-refractivity contribution in [2.45, 2.75) is 13.3 Å². The van der Waals surface area contributed by atoms with Gasteiger partial charge < -0.3 is 9.84 Å². The number of hydrogen-bond donors (Lipinski definition) is 1. The average Bonchev–Trinajstić information content (AvgIpc) is 3.00. The molecule has 0 aliphatic carbocycles. The van der Waals surface area contributed by atoms with Crippen molar-refractivity contribution in [3.63, 3.8) is 0 Å². The van der Waals surface area contributed by atoms with Crippen molar-refractivity contribution >= 4 is 29.0 Å². The second-order valence-electron chi connectivity index (χ2n) is 5.37. The first-order chi connectivity index (χ1) is 12.0. The number of carbonyl (C=O) groups is 2. The SMILES string of the molecule is Cc1nc(CC(=O)Nc2cccc(C(=O)c3ccc(Cl)cc3)c2)no1. The quantitative estimate of drug-likeness (QED) is 0.708. The van der Waals surface area contributed by atoms with Crippen LogP contribution in [0.1, 0.15) is 27.6 Å². The number of nitrogens with zero attached hydrogens (tertiary/aromatic N) is 2. The van der Waals surface area contributed by atoms with E-state index >= 15 is 0 Å². The third-order valence-corrected chi connectivity index (χ3v) is 3.66. The van der Waals surface area contributed by atoms with Gasteiger partial charge in [0.1, 0.15) is 0 Å². The summed E-state index contributed by atoms with van der Waals surface area (Å²) >= 11 is 5.84.